The third-order valence-corrected chi connectivity index (χ3v) is 3.15. The second-order valence-corrected chi connectivity index (χ2v) is 4.87. The molecule has 1 aromatic rings. The fourth-order valence-corrected chi connectivity index (χ4v) is 2.27. The first-order valence-electron chi connectivity index (χ1n) is 3.38. The van der Waals surface area contributed by atoms with Gasteiger partial charge in [0.2, 0.25) is 6.43 Å². The largest absolute Gasteiger partial charge is 0.323 e. The van der Waals surface area contributed by atoms with Crippen LogP contribution in [0.3, 0.4) is 0 Å². The second-order valence-electron chi connectivity index (χ2n) is 2.38. The predicted molar refractivity (Wildman–Crippen MR) is 49.6 cm³/mol. The number of hydrogen-bond acceptors (Lipinski definition) is 2. The van der Waals surface area contributed by atoms with E-state index in [-0.39, 0.29) is 6.42 Å². The molecule has 0 aliphatic rings. The van der Waals surface area contributed by atoms with Gasteiger partial charge in [-0.05, 0) is 28.1 Å². The van der Waals surface area contributed by atoms with Crippen molar-refractivity contribution in [1.82, 2.24) is 0 Å². The standard InChI is InChI=1S/C7H8BrF2NS/c8-6-2-1-5(12-6)4(11)3-7(9)10/h1-2,4,7H,3,11H2/t4-/m1/s1. The molecule has 68 valence electrons. The van der Waals surface area contributed by atoms with Crippen LogP contribution in [-0.2, 0) is 0 Å². The maximum absolute atomic E-state index is 11.9. The van der Waals surface area contributed by atoms with E-state index in [1.165, 1.54) is 11.3 Å². The molecule has 0 saturated heterocycles. The Bertz CT molecular complexity index is 251. The van der Waals surface area contributed by atoms with Gasteiger partial charge in [0.15, 0.2) is 0 Å². The monoisotopic (exact) mass is 255 g/mol. The fraction of sp³-hybridized carbons (Fsp3) is 0.429. The van der Waals surface area contributed by atoms with Gasteiger partial charge < -0.3 is 5.73 Å². The summed E-state index contributed by atoms with van der Waals surface area (Å²) in [6.07, 6.45) is -2.60. The molecule has 0 amide bonds. The quantitative estimate of drug-likeness (QED) is 0.883. The van der Waals surface area contributed by atoms with Gasteiger partial charge in [-0.2, -0.15) is 0 Å². The van der Waals surface area contributed by atoms with Crippen LogP contribution in [0.1, 0.15) is 17.3 Å². The molecule has 0 bridgehead atoms. The van der Waals surface area contributed by atoms with Gasteiger partial charge in [0.05, 0.1) is 3.79 Å². The molecular formula is C7H8BrF2NS. The summed E-state index contributed by atoms with van der Waals surface area (Å²) in [7, 11) is 0. The van der Waals surface area contributed by atoms with Crippen LogP contribution in [0.2, 0.25) is 0 Å². The first kappa shape index (κ1) is 10.1. The van der Waals surface area contributed by atoms with Crippen molar-refractivity contribution in [3.8, 4) is 0 Å². The Labute approximate surface area is 81.7 Å². The lowest BCUT2D eigenvalue weighted by molar-refractivity contribution is 0.129. The number of rotatable bonds is 3. The summed E-state index contributed by atoms with van der Waals surface area (Å²) in [6.45, 7) is 0. The highest BCUT2D eigenvalue weighted by atomic mass is 79.9. The zero-order valence-corrected chi connectivity index (χ0v) is 8.54. The van der Waals surface area contributed by atoms with E-state index in [1.54, 1.807) is 6.07 Å². The molecule has 0 unspecified atom stereocenters. The Hall–Kier alpha value is -0.0000000000000000833. The van der Waals surface area contributed by atoms with Gasteiger partial charge in [0.1, 0.15) is 0 Å². The van der Waals surface area contributed by atoms with Gasteiger partial charge in [0, 0.05) is 17.3 Å². The van der Waals surface area contributed by atoms with Gasteiger partial charge in [-0.25, -0.2) is 8.78 Å². The summed E-state index contributed by atoms with van der Waals surface area (Å²) in [5.41, 5.74) is 5.52. The van der Waals surface area contributed by atoms with E-state index in [2.05, 4.69) is 15.9 Å². The van der Waals surface area contributed by atoms with Crippen LogP contribution < -0.4 is 5.73 Å². The molecule has 0 aliphatic carbocycles. The lowest BCUT2D eigenvalue weighted by Crippen LogP contribution is -2.12. The van der Waals surface area contributed by atoms with Crippen LogP contribution in [0.4, 0.5) is 8.78 Å². The lowest BCUT2D eigenvalue weighted by Gasteiger charge is -2.07. The molecule has 1 heterocycles. The van der Waals surface area contributed by atoms with Crippen LogP contribution >= 0.6 is 27.3 Å². The summed E-state index contributed by atoms with van der Waals surface area (Å²) in [6, 6.07) is 3.04. The van der Waals surface area contributed by atoms with Crippen LogP contribution in [-0.4, -0.2) is 6.43 Å². The molecule has 0 aliphatic heterocycles. The first-order valence-corrected chi connectivity index (χ1v) is 4.99. The fourth-order valence-electron chi connectivity index (χ4n) is 0.836. The third-order valence-electron chi connectivity index (χ3n) is 1.39. The topological polar surface area (TPSA) is 26.0 Å². The smallest absolute Gasteiger partial charge is 0.240 e. The summed E-state index contributed by atoms with van der Waals surface area (Å²) < 4.78 is 24.7. The molecule has 1 aromatic heterocycles. The predicted octanol–water partition coefficient (Wildman–Crippen LogP) is 3.17. The van der Waals surface area contributed by atoms with Gasteiger partial charge in [-0.15, -0.1) is 11.3 Å². The van der Waals surface area contributed by atoms with Crippen molar-refractivity contribution in [3.63, 3.8) is 0 Å². The zero-order chi connectivity index (χ0) is 9.14. The van der Waals surface area contributed by atoms with Gasteiger partial charge in [0.25, 0.3) is 0 Å². The number of nitrogens with two attached hydrogens (primary N) is 1. The summed E-state index contributed by atoms with van der Waals surface area (Å²) in [4.78, 5) is 0.794. The molecule has 0 fully saturated rings. The number of hydrogen-bond donors (Lipinski definition) is 1. The van der Waals surface area contributed by atoms with Crippen molar-refractivity contribution in [2.75, 3.05) is 0 Å². The number of alkyl halides is 2. The molecule has 1 rings (SSSR count). The molecule has 1 atom stereocenters. The molecule has 0 aromatic carbocycles. The Morgan fingerprint density at radius 2 is 2.17 bits per heavy atom. The van der Waals surface area contributed by atoms with E-state index >= 15 is 0 Å². The molecule has 0 spiro atoms. The number of thiophene rings is 1. The van der Waals surface area contributed by atoms with Crippen LogP contribution in [0, 0.1) is 0 Å². The summed E-state index contributed by atoms with van der Waals surface area (Å²) in [5.74, 6) is 0. The Morgan fingerprint density at radius 3 is 2.58 bits per heavy atom. The lowest BCUT2D eigenvalue weighted by atomic mass is 10.2. The highest BCUT2D eigenvalue weighted by molar-refractivity contribution is 9.11. The zero-order valence-electron chi connectivity index (χ0n) is 6.14. The Morgan fingerprint density at radius 1 is 1.50 bits per heavy atom. The van der Waals surface area contributed by atoms with E-state index < -0.39 is 12.5 Å². The highest BCUT2D eigenvalue weighted by Crippen LogP contribution is 2.28. The first-order chi connectivity index (χ1) is 5.59. The minimum absolute atomic E-state index is 0.271. The molecule has 2 N–H and O–H groups in total. The van der Waals surface area contributed by atoms with Crippen molar-refractivity contribution in [2.24, 2.45) is 5.73 Å². The molecule has 5 heteroatoms. The van der Waals surface area contributed by atoms with E-state index in [1.807, 2.05) is 6.07 Å². The minimum atomic E-state index is -2.33. The van der Waals surface area contributed by atoms with Crippen LogP contribution in [0.5, 0.6) is 0 Å². The summed E-state index contributed by atoms with van der Waals surface area (Å²) >= 11 is 4.64. The minimum Gasteiger partial charge on any atom is -0.323 e. The summed E-state index contributed by atoms with van der Waals surface area (Å²) in [5, 5.41) is 0. The number of halogens is 3. The second kappa shape index (κ2) is 4.30. The van der Waals surface area contributed by atoms with E-state index in [0.29, 0.717) is 0 Å². The normalized spacial score (nSPS) is 13.8. The van der Waals surface area contributed by atoms with Gasteiger partial charge >= 0.3 is 0 Å². The van der Waals surface area contributed by atoms with E-state index in [9.17, 15) is 8.78 Å². The maximum Gasteiger partial charge on any atom is 0.240 e. The SMILES string of the molecule is N[C@H](CC(F)F)c1ccc(Br)s1. The van der Waals surface area contributed by atoms with Crippen molar-refractivity contribution in [2.45, 2.75) is 18.9 Å². The molecule has 0 radical (unpaired) electrons. The molecule has 1 nitrogen and oxygen atoms in total. The van der Waals surface area contributed by atoms with Crippen molar-refractivity contribution in [1.29, 1.82) is 0 Å². The molecular weight excluding hydrogens is 248 g/mol. The van der Waals surface area contributed by atoms with Crippen LogP contribution in [0.15, 0.2) is 15.9 Å². The van der Waals surface area contributed by atoms with Crippen molar-refractivity contribution in [3.05, 3.63) is 20.8 Å². The van der Waals surface area contributed by atoms with Crippen LogP contribution in [0.25, 0.3) is 0 Å². The van der Waals surface area contributed by atoms with Crippen molar-refractivity contribution >= 4 is 27.3 Å². The van der Waals surface area contributed by atoms with E-state index in [4.69, 9.17) is 5.73 Å². The maximum atomic E-state index is 11.9. The average Bonchev–Trinajstić information content (AvgIpc) is 2.34. The molecule has 12 heavy (non-hydrogen) atoms. The van der Waals surface area contributed by atoms with E-state index in [0.717, 1.165) is 8.66 Å². The third kappa shape index (κ3) is 2.80. The van der Waals surface area contributed by atoms with Gasteiger partial charge in [-0.3, -0.25) is 0 Å². The van der Waals surface area contributed by atoms with Crippen molar-refractivity contribution < 1.29 is 8.78 Å². The van der Waals surface area contributed by atoms with Gasteiger partial charge in [-0.1, -0.05) is 0 Å². The molecule has 0 saturated carbocycles. The highest BCUT2D eigenvalue weighted by Gasteiger charge is 2.14. The average molecular weight is 256 g/mol. The Balaban J connectivity index is 2.58. The Kier molecular flexibility index (Phi) is 3.61.